The van der Waals surface area contributed by atoms with E-state index in [1.54, 1.807) is 0 Å². The molecule has 0 saturated heterocycles. The molecule has 1 aliphatic heterocycles. The van der Waals surface area contributed by atoms with E-state index in [0.29, 0.717) is 11.1 Å². The molecule has 0 fully saturated rings. The lowest BCUT2D eigenvalue weighted by Gasteiger charge is -2.38. The molecule has 168 valence electrons. The number of phenolic OH excluding ortho intramolecular Hbond substituents is 1. The number of allylic oxidation sites excluding steroid dienone is 2. The fraction of sp³-hybridized carbons (Fsp3) is 0.400. The van der Waals surface area contributed by atoms with Gasteiger partial charge in [-0.1, -0.05) is 26.0 Å². The van der Waals surface area contributed by atoms with Crippen LogP contribution in [0.15, 0.2) is 48.6 Å². The second kappa shape index (κ2) is 9.02. The maximum atomic E-state index is 13.1. The summed E-state index contributed by atoms with van der Waals surface area (Å²) in [6, 6.07) is 9.65. The summed E-state index contributed by atoms with van der Waals surface area (Å²) in [6.07, 6.45) is 6.89. The number of phenols is 1. The summed E-state index contributed by atoms with van der Waals surface area (Å²) < 4.78 is 0. The molecule has 0 bridgehead atoms. The van der Waals surface area contributed by atoms with Gasteiger partial charge in [0, 0.05) is 48.0 Å². The molecule has 2 aliphatic rings. The Morgan fingerprint density at radius 3 is 2.59 bits per heavy atom. The number of aromatic hydroxyl groups is 1. The predicted molar refractivity (Wildman–Crippen MR) is 124 cm³/mol. The number of nitro groups is 1. The number of carbonyl (C=O) groups excluding carboxylic acids is 1. The molecule has 0 saturated carbocycles. The van der Waals surface area contributed by atoms with Crippen LogP contribution in [0.3, 0.4) is 0 Å². The van der Waals surface area contributed by atoms with Crippen molar-refractivity contribution in [1.82, 2.24) is 4.90 Å². The number of fused-ring (bicyclic) bond motifs is 3. The number of nitrogens with zero attached hydrogens (tertiary/aromatic N) is 2. The van der Waals surface area contributed by atoms with Crippen molar-refractivity contribution >= 4 is 17.3 Å². The Hall–Kier alpha value is -3.35. The van der Waals surface area contributed by atoms with Gasteiger partial charge in [0.25, 0.3) is 11.6 Å². The Kier molecular flexibility index (Phi) is 6.17. The maximum absolute atomic E-state index is 13.1. The van der Waals surface area contributed by atoms with E-state index < -0.39 is 4.92 Å². The Balaban J connectivity index is 1.69. The van der Waals surface area contributed by atoms with Gasteiger partial charge in [0.15, 0.2) is 0 Å². The van der Waals surface area contributed by atoms with Crippen LogP contribution in [-0.2, 0) is 0 Å². The number of non-ortho nitro benzene ring substituents is 1. The third-order valence-electron chi connectivity index (χ3n) is 6.44. The molecule has 1 amide bonds. The topological polar surface area (TPSA) is 95.7 Å². The first-order chi connectivity index (χ1) is 15.4. The standard InChI is InChI=1S/C25H29N3O4/c1-3-12-27(13-4-2)25(30)16-8-10-22-20(14-16)18-6-5-7-19(18)24(26-22)21-15-17(28(31)32)9-11-23(21)29/h5-6,8-11,14-15,18-19,24,26,29H,3-4,7,12-13H2,1-2H3. The highest BCUT2D eigenvalue weighted by Crippen LogP contribution is 2.51. The van der Waals surface area contributed by atoms with E-state index in [4.69, 9.17) is 0 Å². The highest BCUT2D eigenvalue weighted by molar-refractivity contribution is 5.95. The fourth-order valence-corrected chi connectivity index (χ4v) is 4.98. The van der Waals surface area contributed by atoms with Crippen LogP contribution < -0.4 is 5.32 Å². The number of nitro benzene ring substituents is 1. The molecule has 3 atom stereocenters. The lowest BCUT2D eigenvalue weighted by molar-refractivity contribution is -0.385. The summed E-state index contributed by atoms with van der Waals surface area (Å²) in [5.41, 5.74) is 3.12. The summed E-state index contributed by atoms with van der Waals surface area (Å²) in [4.78, 5) is 25.9. The van der Waals surface area contributed by atoms with Gasteiger partial charge in [0.05, 0.1) is 11.0 Å². The van der Waals surface area contributed by atoms with Crippen LogP contribution in [-0.4, -0.2) is 33.9 Å². The van der Waals surface area contributed by atoms with Gasteiger partial charge in [-0.3, -0.25) is 14.9 Å². The van der Waals surface area contributed by atoms with E-state index in [9.17, 15) is 20.0 Å². The van der Waals surface area contributed by atoms with Crippen LogP contribution >= 0.6 is 0 Å². The molecule has 2 N–H and O–H groups in total. The number of rotatable bonds is 7. The summed E-state index contributed by atoms with van der Waals surface area (Å²) in [6.45, 7) is 5.62. The van der Waals surface area contributed by atoms with Gasteiger partial charge in [0.1, 0.15) is 5.75 Å². The van der Waals surface area contributed by atoms with Crippen molar-refractivity contribution in [3.63, 3.8) is 0 Å². The monoisotopic (exact) mass is 435 g/mol. The van der Waals surface area contributed by atoms with Crippen LogP contribution in [0.2, 0.25) is 0 Å². The largest absolute Gasteiger partial charge is 0.508 e. The number of amides is 1. The number of hydrogen-bond donors (Lipinski definition) is 2. The smallest absolute Gasteiger partial charge is 0.270 e. The van der Waals surface area contributed by atoms with E-state index in [2.05, 4.69) is 31.3 Å². The van der Waals surface area contributed by atoms with Crippen molar-refractivity contribution in [1.29, 1.82) is 0 Å². The van der Waals surface area contributed by atoms with Gasteiger partial charge in [-0.25, -0.2) is 0 Å². The van der Waals surface area contributed by atoms with E-state index in [-0.39, 0.29) is 35.2 Å². The zero-order valence-corrected chi connectivity index (χ0v) is 18.5. The first kappa shape index (κ1) is 21.9. The molecule has 2 aromatic rings. The SMILES string of the molecule is CCCN(CCC)C(=O)c1ccc2c(c1)C1C=CCC1C(c1cc([N+](=O)[O-])ccc1O)N2. The normalized spacial score (nSPS) is 20.9. The van der Waals surface area contributed by atoms with Crippen LogP contribution in [0.4, 0.5) is 11.4 Å². The van der Waals surface area contributed by atoms with Crippen LogP contribution in [0.25, 0.3) is 0 Å². The molecule has 1 heterocycles. The van der Waals surface area contributed by atoms with Crippen molar-refractivity contribution in [2.45, 2.75) is 45.1 Å². The highest BCUT2D eigenvalue weighted by atomic mass is 16.6. The first-order valence-corrected chi connectivity index (χ1v) is 11.3. The molecule has 4 rings (SSSR count). The highest BCUT2D eigenvalue weighted by Gasteiger charge is 2.39. The minimum atomic E-state index is -0.444. The number of nitrogens with one attached hydrogen (secondary N) is 1. The van der Waals surface area contributed by atoms with Gasteiger partial charge in [-0.15, -0.1) is 0 Å². The second-order valence-electron chi connectivity index (χ2n) is 8.57. The van der Waals surface area contributed by atoms with Gasteiger partial charge in [-0.2, -0.15) is 0 Å². The Morgan fingerprint density at radius 1 is 1.16 bits per heavy atom. The molecule has 0 radical (unpaired) electrons. The summed E-state index contributed by atoms with van der Waals surface area (Å²) in [7, 11) is 0. The van der Waals surface area contributed by atoms with Gasteiger partial charge < -0.3 is 15.3 Å². The number of benzene rings is 2. The molecule has 7 heteroatoms. The van der Waals surface area contributed by atoms with Crippen molar-refractivity contribution in [2.24, 2.45) is 5.92 Å². The number of anilines is 1. The molecule has 32 heavy (non-hydrogen) atoms. The Labute approximate surface area is 187 Å². The Morgan fingerprint density at radius 2 is 1.91 bits per heavy atom. The van der Waals surface area contributed by atoms with Crippen LogP contribution in [0.5, 0.6) is 5.75 Å². The number of carbonyl (C=O) groups is 1. The summed E-state index contributed by atoms with van der Waals surface area (Å²) in [5.74, 6) is 0.272. The van der Waals surface area contributed by atoms with Crippen LogP contribution in [0, 0.1) is 16.0 Å². The van der Waals surface area contributed by atoms with E-state index in [1.165, 1.54) is 18.2 Å². The van der Waals surface area contributed by atoms with Crippen molar-refractivity contribution < 1.29 is 14.8 Å². The van der Waals surface area contributed by atoms with E-state index in [0.717, 1.165) is 43.6 Å². The van der Waals surface area contributed by atoms with Gasteiger partial charge >= 0.3 is 0 Å². The zero-order valence-electron chi connectivity index (χ0n) is 18.5. The van der Waals surface area contributed by atoms with Crippen LogP contribution in [0.1, 0.15) is 66.6 Å². The average Bonchev–Trinajstić information content (AvgIpc) is 3.28. The third kappa shape index (κ3) is 3.95. The van der Waals surface area contributed by atoms with Crippen molar-refractivity contribution in [3.05, 3.63) is 75.4 Å². The fourth-order valence-electron chi connectivity index (χ4n) is 4.98. The van der Waals surface area contributed by atoms with Crippen molar-refractivity contribution in [2.75, 3.05) is 18.4 Å². The molecule has 7 nitrogen and oxygen atoms in total. The van der Waals surface area contributed by atoms with Gasteiger partial charge in [-0.05, 0) is 55.0 Å². The lowest BCUT2D eigenvalue weighted by atomic mass is 9.76. The van der Waals surface area contributed by atoms with E-state index in [1.807, 2.05) is 23.1 Å². The molecule has 2 aromatic carbocycles. The predicted octanol–water partition coefficient (Wildman–Crippen LogP) is 5.39. The molecule has 0 aromatic heterocycles. The molecule has 3 unspecified atom stereocenters. The average molecular weight is 436 g/mol. The zero-order chi connectivity index (χ0) is 22.8. The maximum Gasteiger partial charge on any atom is 0.270 e. The molecule has 0 spiro atoms. The molecular formula is C25H29N3O4. The van der Waals surface area contributed by atoms with Crippen molar-refractivity contribution in [3.8, 4) is 5.75 Å². The first-order valence-electron chi connectivity index (χ1n) is 11.3. The summed E-state index contributed by atoms with van der Waals surface area (Å²) in [5, 5.41) is 25.3. The molecular weight excluding hydrogens is 406 g/mol. The van der Waals surface area contributed by atoms with Gasteiger partial charge in [0.2, 0.25) is 0 Å². The Bertz CT molecular complexity index is 1060. The third-order valence-corrected chi connectivity index (χ3v) is 6.44. The minimum Gasteiger partial charge on any atom is -0.508 e. The summed E-state index contributed by atoms with van der Waals surface area (Å²) >= 11 is 0. The molecule has 1 aliphatic carbocycles. The van der Waals surface area contributed by atoms with E-state index >= 15 is 0 Å². The second-order valence-corrected chi connectivity index (χ2v) is 8.57. The lowest BCUT2D eigenvalue weighted by Crippen LogP contribution is -2.33. The quantitative estimate of drug-likeness (QED) is 0.345. The number of hydrogen-bond acceptors (Lipinski definition) is 5. The minimum absolute atomic E-state index is 0.0409.